The molecule has 6 aromatic heterocycles. The van der Waals surface area contributed by atoms with E-state index in [9.17, 15) is 0 Å². The summed E-state index contributed by atoms with van der Waals surface area (Å²) >= 11 is 7.70. The zero-order valence-corrected chi connectivity index (χ0v) is 28.0. The van der Waals surface area contributed by atoms with E-state index in [1.165, 1.54) is 57.5 Å². The molecule has 0 aliphatic heterocycles. The van der Waals surface area contributed by atoms with Crippen LogP contribution in [-0.4, -0.2) is 17.8 Å². The zero-order valence-electron chi connectivity index (χ0n) is 23.1. The number of hydrogen-bond donors (Lipinski definition) is 0. The fraction of sp³-hybridized carbons (Fsp3) is 0.188. The molecule has 6 aromatic rings. The molecule has 226 valence electrons. The number of thiophene rings is 6. The molecule has 0 bridgehead atoms. The average Bonchev–Trinajstić information content (AvgIpc) is 3.78. The van der Waals surface area contributed by atoms with Crippen LogP contribution in [0.1, 0.15) is 25.8 Å². The highest BCUT2D eigenvalue weighted by atomic mass is 32.1. The number of hydrogen-bond acceptors (Lipinski definition) is 6. The van der Waals surface area contributed by atoms with Crippen molar-refractivity contribution in [2.24, 2.45) is 0 Å². The summed E-state index contributed by atoms with van der Waals surface area (Å²) in [6, 6.07) is 17.1. The lowest BCUT2D eigenvalue weighted by Crippen LogP contribution is -2.48. The summed E-state index contributed by atoms with van der Waals surface area (Å²) in [5.41, 5.74) is -3.19. The molecule has 1 aliphatic carbocycles. The number of allylic oxidation sites excluding steroid dienone is 2. The summed E-state index contributed by atoms with van der Waals surface area (Å²) in [6.07, 6.45) is 0. The van der Waals surface area contributed by atoms with E-state index in [-0.39, 0.29) is 20.9 Å². The highest BCUT2D eigenvalue weighted by Crippen LogP contribution is 2.67. The lowest BCUT2D eigenvalue weighted by molar-refractivity contribution is -0.254. The van der Waals surface area contributed by atoms with Gasteiger partial charge in [-0.1, -0.05) is 6.07 Å². The molecule has 0 saturated heterocycles. The quantitative estimate of drug-likeness (QED) is 0.151. The molecule has 0 aromatic carbocycles. The van der Waals surface area contributed by atoms with Gasteiger partial charge in [-0.2, -0.15) is 26.3 Å². The molecular formula is C32H20F6S6. The van der Waals surface area contributed by atoms with Gasteiger partial charge in [0.05, 0.1) is 9.75 Å². The number of alkyl halides is 6. The number of halogens is 6. The van der Waals surface area contributed by atoms with Crippen LogP contribution >= 0.6 is 68.0 Å². The smallest absolute Gasteiger partial charge is 0.194 e. The highest BCUT2D eigenvalue weighted by Gasteiger charge is 2.80. The molecule has 0 spiro atoms. The van der Waals surface area contributed by atoms with Gasteiger partial charge in [-0.25, -0.2) is 0 Å². The summed E-state index contributed by atoms with van der Waals surface area (Å²) in [5, 5.41) is 1.81. The monoisotopic (exact) mass is 710 g/mol. The van der Waals surface area contributed by atoms with Gasteiger partial charge in [-0.3, -0.25) is 0 Å². The molecule has 0 atom stereocenters. The Balaban J connectivity index is 1.59. The van der Waals surface area contributed by atoms with Gasteiger partial charge in [-0.05, 0) is 80.7 Å². The maximum absolute atomic E-state index is 16.2. The Bertz CT molecular complexity index is 2040. The molecule has 0 unspecified atom stereocenters. The summed E-state index contributed by atoms with van der Waals surface area (Å²) in [5.74, 6) is -15.9. The molecule has 0 N–H and O–H groups in total. The van der Waals surface area contributed by atoms with Crippen molar-refractivity contribution in [3.63, 3.8) is 0 Å². The van der Waals surface area contributed by atoms with Crippen molar-refractivity contribution in [1.29, 1.82) is 0 Å². The summed E-state index contributed by atoms with van der Waals surface area (Å²) in [7, 11) is 0. The van der Waals surface area contributed by atoms with Crippen LogP contribution in [0.4, 0.5) is 26.3 Å². The minimum Gasteiger partial charge on any atom is -0.194 e. The van der Waals surface area contributed by atoms with Crippen molar-refractivity contribution in [3.05, 3.63) is 91.8 Å². The SMILES string of the molecule is Cc1ccc(-c2cc(C3=C(c4cc(-c5cccs5)sc4-c4ccc(C)s4)C(F)(F)C(F)(F)C3(F)F)c(-c3ccc(C)s3)s2)s1. The Kier molecular flexibility index (Phi) is 7.23. The molecule has 0 amide bonds. The van der Waals surface area contributed by atoms with Crippen LogP contribution in [0.3, 0.4) is 0 Å². The van der Waals surface area contributed by atoms with E-state index in [2.05, 4.69) is 0 Å². The first-order chi connectivity index (χ1) is 20.8. The summed E-state index contributed by atoms with van der Waals surface area (Å²) < 4.78 is 95.7. The molecule has 7 rings (SSSR count). The second-order valence-corrected chi connectivity index (χ2v) is 17.3. The van der Waals surface area contributed by atoms with Crippen molar-refractivity contribution >= 4 is 79.2 Å². The maximum Gasteiger partial charge on any atom is 0.380 e. The highest BCUT2D eigenvalue weighted by molar-refractivity contribution is 7.27. The van der Waals surface area contributed by atoms with Gasteiger partial charge in [0.1, 0.15) is 0 Å². The van der Waals surface area contributed by atoms with E-state index in [4.69, 9.17) is 0 Å². The molecule has 0 nitrogen and oxygen atoms in total. The van der Waals surface area contributed by atoms with Gasteiger partial charge in [-0.15, -0.1) is 68.0 Å². The number of rotatable bonds is 6. The first-order valence-electron chi connectivity index (χ1n) is 13.2. The average molecular weight is 711 g/mol. The van der Waals surface area contributed by atoms with E-state index < -0.39 is 28.9 Å². The van der Waals surface area contributed by atoms with Crippen LogP contribution in [-0.2, 0) is 0 Å². The third-order valence-electron chi connectivity index (χ3n) is 7.35. The Hall–Kier alpha value is -2.48. The van der Waals surface area contributed by atoms with Crippen LogP contribution in [0, 0.1) is 20.8 Å². The fourth-order valence-electron chi connectivity index (χ4n) is 5.29. The molecule has 0 saturated carbocycles. The third-order valence-corrected chi connectivity index (χ3v) is 14.2. The van der Waals surface area contributed by atoms with Crippen LogP contribution in [0.2, 0.25) is 0 Å². The Morgan fingerprint density at radius 1 is 0.477 bits per heavy atom. The Morgan fingerprint density at radius 2 is 0.909 bits per heavy atom. The van der Waals surface area contributed by atoms with Gasteiger partial charge >= 0.3 is 17.8 Å². The second kappa shape index (κ2) is 10.5. The fourth-order valence-corrected chi connectivity index (χ4v) is 11.4. The van der Waals surface area contributed by atoms with Crippen molar-refractivity contribution in [2.75, 3.05) is 0 Å². The second-order valence-electron chi connectivity index (χ2n) is 10.4. The van der Waals surface area contributed by atoms with Crippen LogP contribution in [0.15, 0.2) is 66.0 Å². The topological polar surface area (TPSA) is 0 Å². The summed E-state index contributed by atoms with van der Waals surface area (Å²) in [6.45, 7) is 5.58. The van der Waals surface area contributed by atoms with Gasteiger partial charge in [0.15, 0.2) is 0 Å². The van der Waals surface area contributed by atoms with E-state index in [0.29, 0.717) is 19.5 Å². The minimum absolute atomic E-state index is 0.269. The van der Waals surface area contributed by atoms with Gasteiger partial charge in [0.2, 0.25) is 0 Å². The maximum atomic E-state index is 16.2. The Labute approximate surface area is 273 Å². The van der Waals surface area contributed by atoms with Crippen LogP contribution in [0.25, 0.3) is 50.2 Å². The van der Waals surface area contributed by atoms with Gasteiger partial charge in [0, 0.05) is 66.2 Å². The third kappa shape index (κ3) is 4.55. The molecule has 6 heterocycles. The van der Waals surface area contributed by atoms with E-state index in [0.717, 1.165) is 47.1 Å². The van der Waals surface area contributed by atoms with Crippen molar-refractivity contribution in [1.82, 2.24) is 0 Å². The number of aryl methyl sites for hydroxylation is 3. The van der Waals surface area contributed by atoms with Gasteiger partial charge < -0.3 is 0 Å². The summed E-state index contributed by atoms with van der Waals surface area (Å²) in [4.78, 5) is 6.97. The molecule has 44 heavy (non-hydrogen) atoms. The van der Waals surface area contributed by atoms with E-state index >= 15 is 26.3 Å². The Morgan fingerprint density at radius 3 is 1.30 bits per heavy atom. The molecule has 1 aliphatic rings. The minimum atomic E-state index is -5.65. The van der Waals surface area contributed by atoms with Crippen LogP contribution < -0.4 is 0 Å². The first-order valence-corrected chi connectivity index (χ1v) is 18.2. The lowest BCUT2D eigenvalue weighted by Gasteiger charge is -2.25. The zero-order chi connectivity index (χ0) is 31.2. The van der Waals surface area contributed by atoms with E-state index in [1.54, 1.807) is 36.4 Å². The van der Waals surface area contributed by atoms with Gasteiger partial charge in [0.25, 0.3) is 0 Å². The first kappa shape index (κ1) is 30.2. The predicted molar refractivity (Wildman–Crippen MR) is 178 cm³/mol. The standard InChI is InChI=1S/C32H20F6S6/c1-15-6-9-21(40-15)25-14-19(29(44-25)23-11-8-17(3)42-23)27-26(30(33,34)32(37,38)31(27,35)36)18-13-24(20-5-4-12-39-20)43-28(18)22-10-7-16(2)41-22/h4-14H,1-3H3. The molecule has 0 fully saturated rings. The molecule has 0 radical (unpaired) electrons. The lowest BCUT2D eigenvalue weighted by atomic mass is 9.94. The van der Waals surface area contributed by atoms with Crippen molar-refractivity contribution in [2.45, 2.75) is 38.5 Å². The van der Waals surface area contributed by atoms with Crippen LogP contribution in [0.5, 0.6) is 0 Å². The largest absolute Gasteiger partial charge is 0.380 e. The predicted octanol–water partition coefficient (Wildman–Crippen LogP) is 13.5. The van der Waals surface area contributed by atoms with E-state index in [1.807, 2.05) is 38.3 Å². The molecular weight excluding hydrogens is 691 g/mol. The normalized spacial score (nSPS) is 17.2. The van der Waals surface area contributed by atoms with Crippen molar-refractivity contribution in [3.8, 4) is 39.0 Å². The van der Waals surface area contributed by atoms with Crippen molar-refractivity contribution < 1.29 is 26.3 Å². The molecule has 12 heteroatoms.